The number of hydrogen-bond donors (Lipinski definition) is 0. The van der Waals surface area contributed by atoms with Crippen LogP contribution in [0.5, 0.6) is 0 Å². The van der Waals surface area contributed by atoms with Gasteiger partial charge in [0.15, 0.2) is 5.78 Å². The molecule has 4 unspecified atom stereocenters. The number of fused-ring (bicyclic) bond motifs is 4. The Hall–Kier alpha value is -1.18. The molecule has 0 amide bonds. The quantitative estimate of drug-likeness (QED) is 0.697. The van der Waals surface area contributed by atoms with Gasteiger partial charge in [-0.1, -0.05) is 19.4 Å². The van der Waals surface area contributed by atoms with Gasteiger partial charge in [0.1, 0.15) is 5.78 Å². The molecule has 0 aromatic heterocycles. The summed E-state index contributed by atoms with van der Waals surface area (Å²) in [5.74, 6) is 2.02. The molecule has 0 heterocycles. The van der Waals surface area contributed by atoms with Gasteiger partial charge in [0, 0.05) is 11.8 Å². The highest BCUT2D eigenvalue weighted by Crippen LogP contribution is 2.66. The zero-order valence-electron chi connectivity index (χ0n) is 14.7. The Balaban J connectivity index is 1.74. The van der Waals surface area contributed by atoms with Crippen LogP contribution in [0.2, 0.25) is 0 Å². The second-order valence-electron chi connectivity index (χ2n) is 8.74. The second-order valence-corrected chi connectivity index (χ2v) is 8.74. The molecule has 4 atom stereocenters. The van der Waals surface area contributed by atoms with Crippen molar-refractivity contribution in [3.63, 3.8) is 0 Å². The van der Waals surface area contributed by atoms with E-state index in [1.165, 1.54) is 24.0 Å². The maximum absolute atomic E-state index is 12.4. The van der Waals surface area contributed by atoms with Crippen molar-refractivity contribution in [3.8, 4) is 0 Å². The van der Waals surface area contributed by atoms with Gasteiger partial charge in [0.05, 0.1) is 0 Å². The first-order valence-corrected chi connectivity index (χ1v) is 9.33. The molecule has 4 aliphatic carbocycles. The van der Waals surface area contributed by atoms with Crippen molar-refractivity contribution in [1.29, 1.82) is 0 Å². The number of carbonyl (C=O) groups is 2. The minimum absolute atomic E-state index is 0.132. The number of Topliss-reactive ketones (excluding diaryl/α,β-unsaturated/α-hetero) is 1. The zero-order chi connectivity index (χ0) is 16.4. The molecule has 0 aliphatic heterocycles. The molecular formula is C21H28O2. The van der Waals surface area contributed by atoms with Crippen molar-refractivity contribution < 1.29 is 9.59 Å². The lowest BCUT2D eigenvalue weighted by molar-refractivity contribution is -0.134. The molecule has 2 fully saturated rings. The molecule has 124 valence electrons. The molecule has 0 spiro atoms. The fourth-order valence-electron chi connectivity index (χ4n) is 6.38. The maximum Gasteiger partial charge on any atom is 0.156 e. The highest BCUT2D eigenvalue weighted by Gasteiger charge is 2.60. The molecule has 2 saturated carbocycles. The minimum Gasteiger partial charge on any atom is -0.299 e. The molecule has 0 aromatic carbocycles. The first kappa shape index (κ1) is 15.4. The second kappa shape index (κ2) is 4.91. The third-order valence-electron chi connectivity index (χ3n) is 8.11. The van der Waals surface area contributed by atoms with Gasteiger partial charge in [-0.05, 0) is 86.3 Å². The number of carbonyl (C=O) groups excluding carboxylic acids is 2. The number of allylic oxidation sites excluding steroid dienone is 4. The Bertz CT molecular complexity index is 653. The molecule has 0 radical (unpaired) electrons. The lowest BCUT2D eigenvalue weighted by Gasteiger charge is -2.52. The van der Waals surface area contributed by atoms with Gasteiger partial charge < -0.3 is 0 Å². The highest BCUT2D eigenvalue weighted by molar-refractivity contribution is 5.93. The monoisotopic (exact) mass is 312 g/mol. The Morgan fingerprint density at radius 3 is 2.61 bits per heavy atom. The van der Waals surface area contributed by atoms with Crippen molar-refractivity contribution in [1.82, 2.24) is 0 Å². The standard InChI is InChI=1S/C21H28O2/c1-13(22)20(2)11-9-19-18-6-4-14-12-15(23)5-7-16(14)17(18)8-10-21(19,20)3/h12,18-19H,4-11H2,1-3H3. The Morgan fingerprint density at radius 1 is 1.09 bits per heavy atom. The van der Waals surface area contributed by atoms with E-state index in [9.17, 15) is 9.59 Å². The first-order valence-electron chi connectivity index (χ1n) is 9.33. The van der Waals surface area contributed by atoms with Crippen molar-refractivity contribution in [2.24, 2.45) is 22.7 Å². The summed E-state index contributed by atoms with van der Waals surface area (Å²) >= 11 is 0. The summed E-state index contributed by atoms with van der Waals surface area (Å²) < 4.78 is 0. The Morgan fingerprint density at radius 2 is 1.87 bits per heavy atom. The molecule has 0 aromatic rings. The van der Waals surface area contributed by atoms with Crippen molar-refractivity contribution >= 4 is 11.6 Å². The van der Waals surface area contributed by atoms with E-state index in [-0.39, 0.29) is 10.8 Å². The summed E-state index contributed by atoms with van der Waals surface area (Å²) in [4.78, 5) is 24.1. The summed E-state index contributed by atoms with van der Waals surface area (Å²) in [7, 11) is 0. The summed E-state index contributed by atoms with van der Waals surface area (Å²) in [5.41, 5.74) is 4.55. The van der Waals surface area contributed by atoms with Gasteiger partial charge in [-0.25, -0.2) is 0 Å². The summed E-state index contributed by atoms with van der Waals surface area (Å²) in [5, 5.41) is 0. The van der Waals surface area contributed by atoms with Gasteiger partial charge >= 0.3 is 0 Å². The molecule has 0 N–H and O–H groups in total. The van der Waals surface area contributed by atoms with Crippen LogP contribution < -0.4 is 0 Å². The van der Waals surface area contributed by atoms with Crippen LogP contribution in [0.4, 0.5) is 0 Å². The van der Waals surface area contributed by atoms with Crippen LogP contribution in [0.25, 0.3) is 0 Å². The Kier molecular flexibility index (Phi) is 3.28. The normalized spacial score (nSPS) is 42.7. The summed E-state index contributed by atoms with van der Waals surface area (Å²) in [6, 6.07) is 0. The average molecular weight is 312 g/mol. The predicted octanol–water partition coefficient (Wildman–Crippen LogP) is 4.79. The molecule has 2 heteroatoms. The Labute approximate surface area is 139 Å². The molecule has 0 bridgehead atoms. The number of rotatable bonds is 1. The molecular weight excluding hydrogens is 284 g/mol. The highest BCUT2D eigenvalue weighted by atomic mass is 16.1. The van der Waals surface area contributed by atoms with Crippen LogP contribution in [-0.4, -0.2) is 11.6 Å². The lowest BCUT2D eigenvalue weighted by atomic mass is 9.52. The van der Waals surface area contributed by atoms with Gasteiger partial charge in [-0.2, -0.15) is 0 Å². The SMILES string of the molecule is CC(=O)C1(C)CCC2C3CCC4=CC(=O)CCC4=C3CCC21C. The molecule has 2 nitrogen and oxygen atoms in total. The molecule has 4 aliphatic rings. The molecule has 4 rings (SSSR count). The van der Waals surface area contributed by atoms with Crippen molar-refractivity contribution in [2.45, 2.75) is 72.1 Å². The summed E-state index contributed by atoms with van der Waals surface area (Å²) in [6.45, 7) is 6.42. The largest absolute Gasteiger partial charge is 0.299 e. The van der Waals surface area contributed by atoms with E-state index in [2.05, 4.69) is 13.8 Å². The van der Waals surface area contributed by atoms with E-state index < -0.39 is 0 Å². The lowest BCUT2D eigenvalue weighted by Crippen LogP contribution is -2.47. The predicted molar refractivity (Wildman–Crippen MR) is 90.9 cm³/mol. The number of hydrogen-bond acceptors (Lipinski definition) is 2. The van der Waals surface area contributed by atoms with Crippen molar-refractivity contribution in [3.05, 3.63) is 22.8 Å². The van der Waals surface area contributed by atoms with E-state index in [1.54, 1.807) is 12.5 Å². The fraction of sp³-hybridized carbons (Fsp3) is 0.714. The third-order valence-corrected chi connectivity index (χ3v) is 8.11. The van der Waals surface area contributed by atoms with Crippen LogP contribution >= 0.6 is 0 Å². The van der Waals surface area contributed by atoms with E-state index in [1.807, 2.05) is 6.08 Å². The smallest absolute Gasteiger partial charge is 0.156 e. The topological polar surface area (TPSA) is 34.1 Å². The minimum atomic E-state index is -0.132. The zero-order valence-corrected chi connectivity index (χ0v) is 14.7. The van der Waals surface area contributed by atoms with Crippen LogP contribution in [0, 0.1) is 22.7 Å². The summed E-state index contributed by atoms with van der Waals surface area (Å²) in [6.07, 6.45) is 10.4. The van der Waals surface area contributed by atoms with Crippen LogP contribution in [-0.2, 0) is 9.59 Å². The third kappa shape index (κ3) is 1.93. The average Bonchev–Trinajstić information content (AvgIpc) is 2.80. The molecule has 23 heavy (non-hydrogen) atoms. The first-order chi connectivity index (χ1) is 10.9. The van der Waals surface area contributed by atoms with Gasteiger partial charge in [0.25, 0.3) is 0 Å². The van der Waals surface area contributed by atoms with Crippen molar-refractivity contribution in [2.75, 3.05) is 0 Å². The van der Waals surface area contributed by atoms with Gasteiger partial charge in [-0.15, -0.1) is 0 Å². The van der Waals surface area contributed by atoms with Crippen LogP contribution in [0.1, 0.15) is 72.1 Å². The van der Waals surface area contributed by atoms with Crippen LogP contribution in [0.3, 0.4) is 0 Å². The van der Waals surface area contributed by atoms with Gasteiger partial charge in [0.2, 0.25) is 0 Å². The van der Waals surface area contributed by atoms with E-state index in [0.717, 1.165) is 32.1 Å². The maximum atomic E-state index is 12.4. The van der Waals surface area contributed by atoms with E-state index in [4.69, 9.17) is 0 Å². The number of ketones is 2. The van der Waals surface area contributed by atoms with Gasteiger partial charge in [-0.3, -0.25) is 9.59 Å². The van der Waals surface area contributed by atoms with Crippen LogP contribution in [0.15, 0.2) is 22.8 Å². The van der Waals surface area contributed by atoms with E-state index >= 15 is 0 Å². The van der Waals surface area contributed by atoms with E-state index in [0.29, 0.717) is 29.8 Å². The molecule has 0 saturated heterocycles. The fourth-order valence-corrected chi connectivity index (χ4v) is 6.38.